The lowest BCUT2D eigenvalue weighted by Crippen LogP contribution is -2.39. The molecular weight excluding hydrogens is 269 g/mol. The molecule has 19 heavy (non-hydrogen) atoms. The maximum absolute atomic E-state index is 13.3. The van der Waals surface area contributed by atoms with E-state index in [4.69, 9.17) is 5.11 Å². The predicted octanol–water partition coefficient (Wildman–Crippen LogP) is 1.74. The van der Waals surface area contributed by atoms with Gasteiger partial charge in [0.15, 0.2) is 0 Å². The van der Waals surface area contributed by atoms with E-state index in [-0.39, 0.29) is 10.5 Å². The SMILES string of the molecule is CC1CCCN(S(=O)(=O)c2ccc(F)c(CO)c2)C1. The van der Waals surface area contributed by atoms with Crippen molar-refractivity contribution in [2.45, 2.75) is 31.3 Å². The first-order valence-electron chi connectivity index (χ1n) is 6.34. The molecule has 1 aromatic carbocycles. The third-order valence-corrected chi connectivity index (χ3v) is 5.31. The molecule has 0 aliphatic carbocycles. The van der Waals surface area contributed by atoms with E-state index in [2.05, 4.69) is 0 Å². The van der Waals surface area contributed by atoms with Crippen molar-refractivity contribution < 1.29 is 17.9 Å². The highest BCUT2D eigenvalue weighted by Gasteiger charge is 2.29. The van der Waals surface area contributed by atoms with E-state index in [1.165, 1.54) is 16.4 Å². The number of halogens is 1. The van der Waals surface area contributed by atoms with Crippen molar-refractivity contribution in [3.05, 3.63) is 29.6 Å². The molecule has 1 N–H and O–H groups in total. The van der Waals surface area contributed by atoms with Gasteiger partial charge in [0.25, 0.3) is 0 Å². The third kappa shape index (κ3) is 2.96. The Morgan fingerprint density at radius 1 is 1.47 bits per heavy atom. The van der Waals surface area contributed by atoms with Crippen LogP contribution in [0.5, 0.6) is 0 Å². The number of nitrogens with zero attached hydrogens (tertiary/aromatic N) is 1. The molecule has 4 nitrogen and oxygen atoms in total. The van der Waals surface area contributed by atoms with Gasteiger partial charge >= 0.3 is 0 Å². The first-order valence-corrected chi connectivity index (χ1v) is 7.78. The van der Waals surface area contributed by atoms with Gasteiger partial charge in [-0.3, -0.25) is 0 Å². The summed E-state index contributed by atoms with van der Waals surface area (Å²) in [4.78, 5) is 0.0482. The molecule has 6 heteroatoms. The van der Waals surface area contributed by atoms with Crippen molar-refractivity contribution in [1.82, 2.24) is 4.31 Å². The molecule has 1 saturated heterocycles. The summed E-state index contributed by atoms with van der Waals surface area (Å²) < 4.78 is 39.6. The van der Waals surface area contributed by atoms with Crippen molar-refractivity contribution in [3.63, 3.8) is 0 Å². The van der Waals surface area contributed by atoms with Crippen LogP contribution < -0.4 is 0 Å². The summed E-state index contributed by atoms with van der Waals surface area (Å²) in [5, 5.41) is 9.01. The number of sulfonamides is 1. The van der Waals surface area contributed by atoms with Crippen molar-refractivity contribution in [1.29, 1.82) is 0 Å². The van der Waals surface area contributed by atoms with Gasteiger partial charge in [-0.2, -0.15) is 4.31 Å². The number of aliphatic hydroxyl groups is 1. The summed E-state index contributed by atoms with van der Waals surface area (Å²) in [5.41, 5.74) is 0.00568. The van der Waals surface area contributed by atoms with Crippen LogP contribution in [0.1, 0.15) is 25.3 Å². The Hall–Kier alpha value is -0.980. The smallest absolute Gasteiger partial charge is 0.243 e. The summed E-state index contributed by atoms with van der Waals surface area (Å²) in [6.07, 6.45) is 1.87. The van der Waals surface area contributed by atoms with Gasteiger partial charge in [-0.15, -0.1) is 0 Å². The van der Waals surface area contributed by atoms with E-state index in [0.717, 1.165) is 18.9 Å². The van der Waals surface area contributed by atoms with Gasteiger partial charge < -0.3 is 5.11 Å². The van der Waals surface area contributed by atoms with Crippen molar-refractivity contribution in [2.75, 3.05) is 13.1 Å². The van der Waals surface area contributed by atoms with E-state index in [1.54, 1.807) is 0 Å². The van der Waals surface area contributed by atoms with Gasteiger partial charge in [-0.25, -0.2) is 12.8 Å². The Morgan fingerprint density at radius 2 is 2.21 bits per heavy atom. The largest absolute Gasteiger partial charge is 0.392 e. The fourth-order valence-corrected chi connectivity index (χ4v) is 4.00. The van der Waals surface area contributed by atoms with E-state index < -0.39 is 22.4 Å². The second-order valence-corrected chi connectivity index (χ2v) is 6.96. The molecule has 0 saturated carbocycles. The number of hydrogen-bond donors (Lipinski definition) is 1. The second kappa shape index (κ2) is 5.56. The van der Waals surface area contributed by atoms with Crippen LogP contribution in [0.2, 0.25) is 0 Å². The summed E-state index contributed by atoms with van der Waals surface area (Å²) in [6, 6.07) is 3.55. The molecular formula is C13H18FNO3S. The summed E-state index contributed by atoms with van der Waals surface area (Å²) in [6.45, 7) is 2.50. The zero-order valence-corrected chi connectivity index (χ0v) is 11.7. The molecule has 1 aliphatic heterocycles. The summed E-state index contributed by atoms with van der Waals surface area (Å²) >= 11 is 0. The van der Waals surface area contributed by atoms with Crippen molar-refractivity contribution in [3.8, 4) is 0 Å². The zero-order chi connectivity index (χ0) is 14.0. The lowest BCUT2D eigenvalue weighted by atomic mass is 10.0. The standard InChI is InChI=1S/C13H18FNO3S/c1-10-3-2-6-15(8-10)19(17,18)12-4-5-13(14)11(7-12)9-16/h4-5,7,10,16H,2-3,6,8-9H2,1H3. The number of rotatable bonds is 3. The molecule has 1 fully saturated rings. The van der Waals surface area contributed by atoms with Crippen LogP contribution in [0.25, 0.3) is 0 Å². The van der Waals surface area contributed by atoms with Crippen LogP contribution in [0, 0.1) is 11.7 Å². The average molecular weight is 287 g/mol. The second-order valence-electron chi connectivity index (χ2n) is 5.02. The molecule has 0 spiro atoms. The Kier molecular flexibility index (Phi) is 4.23. The van der Waals surface area contributed by atoms with E-state index in [0.29, 0.717) is 19.0 Å². The van der Waals surface area contributed by atoms with E-state index in [1.807, 2.05) is 6.92 Å². The summed E-state index contributed by atoms with van der Waals surface area (Å²) in [5.74, 6) is -0.255. The Morgan fingerprint density at radius 3 is 2.84 bits per heavy atom. The molecule has 1 aliphatic rings. The fourth-order valence-electron chi connectivity index (χ4n) is 2.35. The molecule has 0 radical (unpaired) electrons. The quantitative estimate of drug-likeness (QED) is 0.921. The maximum Gasteiger partial charge on any atom is 0.243 e. The third-order valence-electron chi connectivity index (χ3n) is 3.45. The van der Waals surface area contributed by atoms with Gasteiger partial charge in [-0.05, 0) is 37.0 Å². The first kappa shape index (κ1) is 14.4. The Balaban J connectivity index is 2.33. The highest BCUT2D eigenvalue weighted by Crippen LogP contribution is 2.24. The fraction of sp³-hybridized carbons (Fsp3) is 0.538. The van der Waals surface area contributed by atoms with Crippen LogP contribution in [-0.2, 0) is 16.6 Å². The Labute approximate surface area is 112 Å². The topological polar surface area (TPSA) is 57.6 Å². The molecule has 106 valence electrons. The average Bonchev–Trinajstić information content (AvgIpc) is 2.39. The molecule has 1 aromatic rings. The number of hydrogen-bond acceptors (Lipinski definition) is 3. The van der Waals surface area contributed by atoms with Gasteiger partial charge in [-0.1, -0.05) is 6.92 Å². The van der Waals surface area contributed by atoms with Crippen molar-refractivity contribution in [2.24, 2.45) is 5.92 Å². The van der Waals surface area contributed by atoms with Gasteiger partial charge in [0.2, 0.25) is 10.0 Å². The lowest BCUT2D eigenvalue weighted by molar-refractivity contribution is 0.274. The van der Waals surface area contributed by atoms with Crippen LogP contribution in [0.4, 0.5) is 4.39 Å². The predicted molar refractivity (Wildman–Crippen MR) is 69.5 cm³/mol. The van der Waals surface area contributed by atoms with Gasteiger partial charge in [0, 0.05) is 18.7 Å². The number of aliphatic hydroxyl groups excluding tert-OH is 1. The number of benzene rings is 1. The molecule has 1 atom stereocenters. The normalized spacial score (nSPS) is 21.5. The van der Waals surface area contributed by atoms with Gasteiger partial charge in [0.05, 0.1) is 11.5 Å². The highest BCUT2D eigenvalue weighted by atomic mass is 32.2. The molecule has 0 aromatic heterocycles. The number of piperidine rings is 1. The minimum atomic E-state index is -3.59. The van der Waals surface area contributed by atoms with Crippen LogP contribution in [-0.4, -0.2) is 30.9 Å². The minimum absolute atomic E-state index is 0.00568. The molecule has 2 rings (SSSR count). The zero-order valence-electron chi connectivity index (χ0n) is 10.8. The molecule has 1 unspecified atom stereocenters. The van der Waals surface area contributed by atoms with Crippen LogP contribution in [0.3, 0.4) is 0 Å². The van der Waals surface area contributed by atoms with Gasteiger partial charge in [0.1, 0.15) is 5.82 Å². The highest BCUT2D eigenvalue weighted by molar-refractivity contribution is 7.89. The molecule has 1 heterocycles. The molecule has 0 bridgehead atoms. The lowest BCUT2D eigenvalue weighted by Gasteiger charge is -2.30. The molecule has 0 amide bonds. The monoisotopic (exact) mass is 287 g/mol. The van der Waals surface area contributed by atoms with Crippen LogP contribution in [0.15, 0.2) is 23.1 Å². The van der Waals surface area contributed by atoms with E-state index in [9.17, 15) is 12.8 Å². The maximum atomic E-state index is 13.3. The van der Waals surface area contributed by atoms with Crippen LogP contribution >= 0.6 is 0 Å². The first-order chi connectivity index (χ1) is 8.95. The van der Waals surface area contributed by atoms with E-state index >= 15 is 0 Å². The minimum Gasteiger partial charge on any atom is -0.392 e. The van der Waals surface area contributed by atoms with Crippen molar-refractivity contribution >= 4 is 10.0 Å². The summed E-state index contributed by atoms with van der Waals surface area (Å²) in [7, 11) is -3.59. The Bertz CT molecular complexity index is 559.